The zero-order valence-electron chi connectivity index (χ0n) is 13.1. The van der Waals surface area contributed by atoms with Gasteiger partial charge in [-0.1, -0.05) is 12.1 Å². The van der Waals surface area contributed by atoms with Crippen molar-refractivity contribution in [2.45, 2.75) is 6.42 Å². The van der Waals surface area contributed by atoms with Crippen molar-refractivity contribution < 1.29 is 28.3 Å². The van der Waals surface area contributed by atoms with Gasteiger partial charge in [-0.25, -0.2) is 4.90 Å². The van der Waals surface area contributed by atoms with Gasteiger partial charge in [-0.05, 0) is 24.3 Å². The zero-order chi connectivity index (χ0) is 17.8. The Hall–Kier alpha value is -3.42. The van der Waals surface area contributed by atoms with Gasteiger partial charge >= 0.3 is 5.97 Å². The molecule has 0 unspecified atom stereocenters. The molecule has 1 aromatic heterocycles. The highest BCUT2D eigenvalue weighted by molar-refractivity contribution is 6.21. The quantitative estimate of drug-likeness (QED) is 0.624. The number of nitrogens with one attached hydrogen (secondary N) is 1. The smallest absolute Gasteiger partial charge is 0.309 e. The van der Waals surface area contributed by atoms with Crippen molar-refractivity contribution >= 4 is 23.7 Å². The minimum atomic E-state index is -0.642. The highest BCUT2D eigenvalue weighted by atomic mass is 16.5. The Morgan fingerprint density at radius 2 is 1.72 bits per heavy atom. The van der Waals surface area contributed by atoms with E-state index in [4.69, 9.17) is 9.15 Å². The Kier molecular flexibility index (Phi) is 4.60. The second-order valence-electron chi connectivity index (χ2n) is 5.21. The van der Waals surface area contributed by atoms with E-state index in [1.807, 2.05) is 0 Å². The van der Waals surface area contributed by atoms with E-state index in [9.17, 15) is 19.2 Å². The van der Waals surface area contributed by atoms with Gasteiger partial charge in [0.25, 0.3) is 17.7 Å². The van der Waals surface area contributed by atoms with Crippen LogP contribution >= 0.6 is 0 Å². The van der Waals surface area contributed by atoms with Crippen LogP contribution in [0.3, 0.4) is 0 Å². The van der Waals surface area contributed by atoms with Crippen molar-refractivity contribution in [1.82, 2.24) is 10.2 Å². The summed E-state index contributed by atoms with van der Waals surface area (Å²) in [6, 6.07) is 9.47. The molecule has 3 amide bonds. The summed E-state index contributed by atoms with van der Waals surface area (Å²) in [6.45, 7) is -0.419. The lowest BCUT2D eigenvalue weighted by Crippen LogP contribution is -2.34. The predicted octanol–water partition coefficient (Wildman–Crippen LogP) is 1.20. The number of esters is 1. The van der Waals surface area contributed by atoms with E-state index in [2.05, 4.69) is 5.32 Å². The van der Waals surface area contributed by atoms with E-state index >= 15 is 0 Å². The number of fused-ring (bicyclic) bond motifs is 1. The first kappa shape index (κ1) is 16.4. The lowest BCUT2D eigenvalue weighted by Gasteiger charge is -2.13. The van der Waals surface area contributed by atoms with Crippen LogP contribution in [0.15, 0.2) is 47.1 Å². The van der Waals surface area contributed by atoms with Gasteiger partial charge in [-0.2, -0.15) is 0 Å². The van der Waals surface area contributed by atoms with Crippen LogP contribution in [-0.4, -0.2) is 41.9 Å². The molecule has 8 heteroatoms. The lowest BCUT2D eigenvalue weighted by molar-refractivity contribution is -0.146. The second kappa shape index (κ2) is 7.00. The minimum Gasteiger partial charge on any atom is -0.459 e. The molecular weight excluding hydrogens is 328 g/mol. The van der Waals surface area contributed by atoms with E-state index in [0.717, 1.165) is 4.90 Å². The molecule has 8 nitrogen and oxygen atoms in total. The number of benzene rings is 1. The summed E-state index contributed by atoms with van der Waals surface area (Å²) in [7, 11) is 0. The maximum Gasteiger partial charge on any atom is 0.309 e. The standard InChI is InChI=1S/C17H14N2O6/c20-14(7-8-18-15(21)13-6-3-9-24-13)25-10-19-16(22)11-4-1-2-5-12(11)17(19)23/h1-6,9H,7-8,10H2,(H,18,21). The van der Waals surface area contributed by atoms with Gasteiger partial charge in [0.2, 0.25) is 0 Å². The molecule has 0 atom stereocenters. The van der Waals surface area contributed by atoms with Gasteiger partial charge in [-0.3, -0.25) is 19.2 Å². The zero-order valence-corrected chi connectivity index (χ0v) is 13.1. The van der Waals surface area contributed by atoms with Crippen molar-refractivity contribution in [3.05, 3.63) is 59.5 Å². The first-order valence-electron chi connectivity index (χ1n) is 7.50. The Morgan fingerprint density at radius 3 is 2.32 bits per heavy atom. The topological polar surface area (TPSA) is 106 Å². The number of carbonyl (C=O) groups is 4. The number of hydrogen-bond donors (Lipinski definition) is 1. The maximum atomic E-state index is 12.1. The van der Waals surface area contributed by atoms with Crippen LogP contribution in [0.25, 0.3) is 0 Å². The minimum absolute atomic E-state index is 0.0421. The van der Waals surface area contributed by atoms with Crippen molar-refractivity contribution in [2.24, 2.45) is 0 Å². The Bertz CT molecular complexity index is 792. The van der Waals surface area contributed by atoms with Gasteiger partial charge in [-0.15, -0.1) is 0 Å². The summed E-state index contributed by atoms with van der Waals surface area (Å²) in [4.78, 5) is 48.4. The number of nitrogens with zero attached hydrogens (tertiary/aromatic N) is 1. The lowest BCUT2D eigenvalue weighted by atomic mass is 10.1. The highest BCUT2D eigenvalue weighted by Gasteiger charge is 2.35. The van der Waals surface area contributed by atoms with Crippen LogP contribution in [-0.2, 0) is 9.53 Å². The van der Waals surface area contributed by atoms with E-state index < -0.39 is 30.4 Å². The molecule has 1 aliphatic rings. The summed E-state index contributed by atoms with van der Waals surface area (Å²) in [6.07, 6.45) is 1.26. The predicted molar refractivity (Wildman–Crippen MR) is 83.6 cm³/mol. The number of amides is 3. The highest BCUT2D eigenvalue weighted by Crippen LogP contribution is 2.22. The molecule has 0 saturated heterocycles. The average molecular weight is 342 g/mol. The van der Waals surface area contributed by atoms with Gasteiger partial charge < -0.3 is 14.5 Å². The number of rotatable bonds is 6. The molecule has 2 heterocycles. The van der Waals surface area contributed by atoms with E-state index in [-0.39, 0.29) is 29.9 Å². The fraction of sp³-hybridized carbons (Fsp3) is 0.176. The summed E-state index contributed by atoms with van der Waals surface area (Å²) >= 11 is 0. The molecule has 0 radical (unpaired) electrons. The number of hydrogen-bond acceptors (Lipinski definition) is 6. The fourth-order valence-corrected chi connectivity index (χ4v) is 2.34. The van der Waals surface area contributed by atoms with Crippen LogP contribution < -0.4 is 5.32 Å². The van der Waals surface area contributed by atoms with Crippen LogP contribution in [0.1, 0.15) is 37.7 Å². The van der Waals surface area contributed by atoms with Gasteiger partial charge in [0.05, 0.1) is 23.8 Å². The van der Waals surface area contributed by atoms with Crippen LogP contribution in [0.4, 0.5) is 0 Å². The van der Waals surface area contributed by atoms with E-state index in [1.54, 1.807) is 30.3 Å². The molecule has 0 fully saturated rings. The number of ether oxygens (including phenoxy) is 1. The SMILES string of the molecule is O=C(CCNC(=O)c1ccco1)OCN1C(=O)c2ccccc2C1=O. The van der Waals surface area contributed by atoms with E-state index in [0.29, 0.717) is 0 Å². The molecule has 128 valence electrons. The summed E-state index contributed by atoms with van der Waals surface area (Å²) in [5.74, 6) is -1.95. The van der Waals surface area contributed by atoms with Crippen molar-refractivity contribution in [3.8, 4) is 0 Å². The molecule has 0 bridgehead atoms. The molecule has 1 aromatic carbocycles. The molecule has 25 heavy (non-hydrogen) atoms. The molecule has 2 aromatic rings. The Morgan fingerprint density at radius 1 is 1.04 bits per heavy atom. The van der Waals surface area contributed by atoms with Crippen molar-refractivity contribution in [3.63, 3.8) is 0 Å². The van der Waals surface area contributed by atoms with Gasteiger partial charge in [0, 0.05) is 6.54 Å². The summed E-state index contributed by atoms with van der Waals surface area (Å²) in [5.41, 5.74) is 0.573. The molecule has 1 aliphatic heterocycles. The number of furan rings is 1. The average Bonchev–Trinajstić information content (AvgIpc) is 3.23. The number of carbonyl (C=O) groups excluding carboxylic acids is 4. The first-order valence-corrected chi connectivity index (χ1v) is 7.50. The third-order valence-electron chi connectivity index (χ3n) is 3.59. The molecule has 0 saturated carbocycles. The monoisotopic (exact) mass is 342 g/mol. The van der Waals surface area contributed by atoms with Crippen LogP contribution in [0, 0.1) is 0 Å². The maximum absolute atomic E-state index is 12.1. The second-order valence-corrected chi connectivity index (χ2v) is 5.21. The molecule has 3 rings (SSSR count). The van der Waals surface area contributed by atoms with Crippen LogP contribution in [0.2, 0.25) is 0 Å². The first-order chi connectivity index (χ1) is 12.1. The third kappa shape index (κ3) is 3.42. The third-order valence-corrected chi connectivity index (χ3v) is 3.59. The molecular formula is C17H14N2O6. The number of imide groups is 1. The summed E-state index contributed by atoms with van der Waals surface area (Å²) in [5, 5.41) is 2.49. The van der Waals surface area contributed by atoms with Crippen molar-refractivity contribution in [1.29, 1.82) is 0 Å². The van der Waals surface area contributed by atoms with Gasteiger partial charge in [0.1, 0.15) is 0 Å². The Labute approximate surface area is 142 Å². The van der Waals surface area contributed by atoms with E-state index in [1.165, 1.54) is 12.3 Å². The molecule has 1 N–H and O–H groups in total. The fourth-order valence-electron chi connectivity index (χ4n) is 2.34. The van der Waals surface area contributed by atoms with Gasteiger partial charge in [0.15, 0.2) is 12.5 Å². The normalized spacial score (nSPS) is 12.9. The van der Waals surface area contributed by atoms with Crippen LogP contribution in [0.5, 0.6) is 0 Å². The molecule has 0 aliphatic carbocycles. The Balaban J connectivity index is 1.45. The largest absolute Gasteiger partial charge is 0.459 e. The molecule has 0 spiro atoms. The summed E-state index contributed by atoms with van der Waals surface area (Å²) < 4.78 is 9.85. The van der Waals surface area contributed by atoms with Crippen molar-refractivity contribution in [2.75, 3.05) is 13.3 Å².